The Morgan fingerprint density at radius 3 is 2.77 bits per heavy atom. The summed E-state index contributed by atoms with van der Waals surface area (Å²) >= 11 is 15.1. The average Bonchev–Trinajstić information content (AvgIpc) is 2.43. The van der Waals surface area contributed by atoms with Crippen LogP contribution in [0.15, 0.2) is 28.9 Å². The topological polar surface area (TPSA) is 65.3 Å². The third-order valence-electron chi connectivity index (χ3n) is 2.76. The third kappa shape index (κ3) is 3.48. The van der Waals surface area contributed by atoms with Gasteiger partial charge in [0.2, 0.25) is 5.75 Å². The van der Waals surface area contributed by atoms with Gasteiger partial charge in [0, 0.05) is 16.7 Å². The van der Waals surface area contributed by atoms with Gasteiger partial charge in [-0.05, 0) is 44.9 Å². The molecule has 22 heavy (non-hydrogen) atoms. The Morgan fingerprint density at radius 2 is 2.14 bits per heavy atom. The summed E-state index contributed by atoms with van der Waals surface area (Å²) < 4.78 is 19.6. The van der Waals surface area contributed by atoms with Crippen molar-refractivity contribution in [1.29, 1.82) is 0 Å². The number of hydrogen-bond acceptors (Lipinski definition) is 4. The number of halogens is 4. The van der Waals surface area contributed by atoms with E-state index in [4.69, 9.17) is 27.9 Å². The molecule has 9 heteroatoms. The number of hydrogen-bond donors (Lipinski definition) is 0. The quantitative estimate of drug-likeness (QED) is 0.388. The number of ether oxygens (including phenoxy) is 1. The van der Waals surface area contributed by atoms with Gasteiger partial charge in [0.05, 0.1) is 9.50 Å². The van der Waals surface area contributed by atoms with Gasteiger partial charge in [-0.1, -0.05) is 23.2 Å². The molecule has 1 aromatic carbocycles. The second-order valence-corrected chi connectivity index (χ2v) is 5.95. The number of aromatic nitrogens is 1. The van der Waals surface area contributed by atoms with Gasteiger partial charge in [0.1, 0.15) is 11.9 Å². The van der Waals surface area contributed by atoms with Gasteiger partial charge in [-0.15, -0.1) is 0 Å². The summed E-state index contributed by atoms with van der Waals surface area (Å²) in [6, 6.07) is 3.86. The van der Waals surface area contributed by atoms with E-state index in [0.717, 1.165) is 6.07 Å². The minimum absolute atomic E-state index is 0.0803. The lowest BCUT2D eigenvalue weighted by Gasteiger charge is -2.17. The molecular formula is C13H8BrCl2FN2O3. The van der Waals surface area contributed by atoms with Crippen molar-refractivity contribution in [3.63, 3.8) is 0 Å². The van der Waals surface area contributed by atoms with E-state index in [-0.39, 0.29) is 21.4 Å². The van der Waals surface area contributed by atoms with Crippen molar-refractivity contribution in [1.82, 2.24) is 4.98 Å². The molecule has 116 valence electrons. The minimum Gasteiger partial charge on any atom is -0.478 e. The van der Waals surface area contributed by atoms with Crippen LogP contribution >= 0.6 is 39.1 Å². The largest absolute Gasteiger partial charge is 0.478 e. The van der Waals surface area contributed by atoms with Gasteiger partial charge in [-0.2, -0.15) is 0 Å². The number of pyridine rings is 1. The zero-order valence-corrected chi connectivity index (χ0v) is 14.1. The van der Waals surface area contributed by atoms with E-state index in [1.165, 1.54) is 18.3 Å². The van der Waals surface area contributed by atoms with Crippen LogP contribution in [0.5, 0.6) is 5.75 Å². The SMILES string of the molecule is C[C@@H](Oc1cc(Br)cnc1[N+](=O)[O-])c1c(Cl)ccc(F)c1Cl. The lowest BCUT2D eigenvalue weighted by molar-refractivity contribution is -0.390. The van der Waals surface area contributed by atoms with Crippen molar-refractivity contribution in [2.75, 3.05) is 0 Å². The Balaban J connectivity index is 2.42. The number of nitrogens with zero attached hydrogens (tertiary/aromatic N) is 2. The zero-order chi connectivity index (χ0) is 16.4. The van der Waals surface area contributed by atoms with Crippen molar-refractivity contribution in [3.05, 3.63) is 60.4 Å². The fourth-order valence-electron chi connectivity index (χ4n) is 1.80. The molecule has 1 aromatic heterocycles. The van der Waals surface area contributed by atoms with E-state index in [1.54, 1.807) is 6.92 Å². The molecular weight excluding hydrogens is 402 g/mol. The minimum atomic E-state index is -0.814. The van der Waals surface area contributed by atoms with Crippen LogP contribution in [0.1, 0.15) is 18.6 Å². The Morgan fingerprint density at radius 1 is 1.45 bits per heavy atom. The monoisotopic (exact) mass is 408 g/mol. The van der Waals surface area contributed by atoms with Gasteiger partial charge in [0.15, 0.2) is 6.20 Å². The Labute approximate surface area is 143 Å². The first-order chi connectivity index (χ1) is 10.3. The molecule has 1 heterocycles. The first-order valence-corrected chi connectivity index (χ1v) is 7.46. The second kappa shape index (κ2) is 6.76. The molecule has 0 radical (unpaired) electrons. The van der Waals surface area contributed by atoms with Gasteiger partial charge in [-0.25, -0.2) is 4.39 Å². The number of benzene rings is 1. The highest BCUT2D eigenvalue weighted by atomic mass is 79.9. The molecule has 0 aliphatic carbocycles. The average molecular weight is 410 g/mol. The van der Waals surface area contributed by atoms with Crippen molar-refractivity contribution in [3.8, 4) is 5.75 Å². The molecule has 0 aliphatic rings. The molecule has 0 unspecified atom stereocenters. The zero-order valence-electron chi connectivity index (χ0n) is 11.0. The second-order valence-electron chi connectivity index (χ2n) is 4.25. The van der Waals surface area contributed by atoms with Crippen LogP contribution in [-0.4, -0.2) is 9.91 Å². The summed E-state index contributed by atoms with van der Waals surface area (Å²) in [5.74, 6) is -1.19. The maximum Gasteiger partial charge on any atom is 0.406 e. The summed E-state index contributed by atoms with van der Waals surface area (Å²) in [5, 5.41) is 11.0. The summed E-state index contributed by atoms with van der Waals surface area (Å²) in [4.78, 5) is 14.0. The summed E-state index contributed by atoms with van der Waals surface area (Å²) in [6.45, 7) is 1.55. The maximum absolute atomic E-state index is 13.6. The predicted octanol–water partition coefficient (Wildman–Crippen LogP) is 5.34. The molecule has 0 aliphatic heterocycles. The van der Waals surface area contributed by atoms with Gasteiger partial charge >= 0.3 is 5.82 Å². The van der Waals surface area contributed by atoms with Gasteiger partial charge in [-0.3, -0.25) is 0 Å². The van der Waals surface area contributed by atoms with E-state index in [2.05, 4.69) is 20.9 Å². The van der Waals surface area contributed by atoms with Crippen LogP contribution in [-0.2, 0) is 0 Å². The van der Waals surface area contributed by atoms with Crippen molar-refractivity contribution in [2.24, 2.45) is 0 Å². The Hall–Kier alpha value is -1.44. The fourth-order valence-corrected chi connectivity index (χ4v) is 2.79. The van der Waals surface area contributed by atoms with E-state index >= 15 is 0 Å². The molecule has 0 fully saturated rings. The maximum atomic E-state index is 13.6. The molecule has 2 aromatic rings. The first kappa shape index (κ1) is 16.9. The van der Waals surface area contributed by atoms with Crippen LogP contribution in [0.25, 0.3) is 0 Å². The first-order valence-electron chi connectivity index (χ1n) is 5.91. The lowest BCUT2D eigenvalue weighted by atomic mass is 10.1. The normalized spacial score (nSPS) is 12.0. The highest BCUT2D eigenvalue weighted by Gasteiger charge is 2.23. The highest BCUT2D eigenvalue weighted by molar-refractivity contribution is 9.10. The fraction of sp³-hybridized carbons (Fsp3) is 0.154. The molecule has 5 nitrogen and oxygen atoms in total. The predicted molar refractivity (Wildman–Crippen MR) is 84.1 cm³/mol. The Bertz CT molecular complexity index is 745. The Kier molecular flexibility index (Phi) is 5.20. The van der Waals surface area contributed by atoms with Crippen molar-refractivity contribution in [2.45, 2.75) is 13.0 Å². The van der Waals surface area contributed by atoms with Crippen LogP contribution in [0.2, 0.25) is 10.0 Å². The summed E-state index contributed by atoms with van der Waals surface area (Å²) in [6.07, 6.45) is 0.461. The number of nitro groups is 1. The van der Waals surface area contributed by atoms with E-state index in [1.807, 2.05) is 0 Å². The van der Waals surface area contributed by atoms with E-state index in [9.17, 15) is 14.5 Å². The number of rotatable bonds is 4. The highest BCUT2D eigenvalue weighted by Crippen LogP contribution is 2.37. The summed E-state index contributed by atoms with van der Waals surface area (Å²) in [7, 11) is 0. The smallest absolute Gasteiger partial charge is 0.406 e. The summed E-state index contributed by atoms with van der Waals surface area (Å²) in [5.41, 5.74) is 0.206. The molecule has 2 rings (SSSR count). The lowest BCUT2D eigenvalue weighted by Crippen LogP contribution is -2.08. The van der Waals surface area contributed by atoms with Crippen LogP contribution in [0, 0.1) is 15.9 Å². The van der Waals surface area contributed by atoms with Crippen molar-refractivity contribution >= 4 is 44.9 Å². The van der Waals surface area contributed by atoms with Crippen molar-refractivity contribution < 1.29 is 14.1 Å². The van der Waals surface area contributed by atoms with Gasteiger partial charge < -0.3 is 14.9 Å². The molecule has 0 spiro atoms. The van der Waals surface area contributed by atoms with Crippen LogP contribution < -0.4 is 4.74 Å². The van der Waals surface area contributed by atoms with E-state index < -0.39 is 22.7 Å². The van der Waals surface area contributed by atoms with E-state index in [0.29, 0.717) is 4.47 Å². The molecule has 1 atom stereocenters. The molecule has 0 saturated carbocycles. The third-order valence-corrected chi connectivity index (χ3v) is 3.91. The molecule has 0 amide bonds. The molecule has 0 N–H and O–H groups in total. The van der Waals surface area contributed by atoms with Crippen LogP contribution in [0.4, 0.5) is 10.2 Å². The molecule has 0 saturated heterocycles. The standard InChI is InChI=1S/C13H8BrCl2FN2O3/c1-6(11-8(15)2-3-9(17)12(11)16)22-10-4-7(14)5-18-13(10)19(20)21/h2-6H,1H3/t6-/m1/s1. The van der Waals surface area contributed by atoms with Gasteiger partial charge in [0.25, 0.3) is 0 Å². The van der Waals surface area contributed by atoms with Crippen LogP contribution in [0.3, 0.4) is 0 Å². The molecule has 0 bridgehead atoms.